The molecule has 2 heterocycles. The number of halogens is 1. The van der Waals surface area contributed by atoms with E-state index in [1.807, 2.05) is 0 Å². The molecule has 1 atom stereocenters. The van der Waals surface area contributed by atoms with Crippen molar-refractivity contribution in [3.63, 3.8) is 0 Å². The summed E-state index contributed by atoms with van der Waals surface area (Å²) in [6.07, 6.45) is 1.51. The minimum atomic E-state index is -0.736. The van der Waals surface area contributed by atoms with E-state index in [-0.39, 0.29) is 17.0 Å². The van der Waals surface area contributed by atoms with Gasteiger partial charge >= 0.3 is 0 Å². The van der Waals surface area contributed by atoms with Crippen LogP contribution in [0.2, 0.25) is 5.02 Å². The minimum Gasteiger partial charge on any atom is -0.505 e. The number of rotatable bonds is 2. The van der Waals surface area contributed by atoms with E-state index < -0.39 is 17.7 Å². The average molecular weight is 329 g/mol. The molecule has 6 heteroatoms. The van der Waals surface area contributed by atoms with Gasteiger partial charge in [0.15, 0.2) is 5.76 Å². The van der Waals surface area contributed by atoms with Crippen LogP contribution in [-0.2, 0) is 9.59 Å². The third-order valence-corrected chi connectivity index (χ3v) is 3.98. The van der Waals surface area contributed by atoms with Crippen LogP contribution >= 0.6 is 11.6 Å². The van der Waals surface area contributed by atoms with Gasteiger partial charge in [-0.15, -0.1) is 0 Å². The normalized spacial score (nSPS) is 20.1. The first-order chi connectivity index (χ1) is 11.0. The number of carbonyl (C=O) groups is 2. The first kappa shape index (κ1) is 15.2. The molecule has 1 aromatic heterocycles. The summed E-state index contributed by atoms with van der Waals surface area (Å²) in [7, 11) is 1.52. The molecule has 1 saturated heterocycles. The standard InChI is InChI=1S/C17H13ClN2O3/c1-20-14(10-5-4-6-11(18)9-10)13(16(22)17(20)23)15(21)12-7-2-3-8-19-12/h2-9,14,21H,1H3/b15-13-. The number of aliphatic hydroxyl groups excluding tert-OH is 1. The van der Waals surface area contributed by atoms with Crippen LogP contribution in [0, 0.1) is 0 Å². The summed E-state index contributed by atoms with van der Waals surface area (Å²) in [6, 6.07) is 11.1. The molecule has 1 unspecified atom stereocenters. The predicted molar refractivity (Wildman–Crippen MR) is 85.8 cm³/mol. The summed E-state index contributed by atoms with van der Waals surface area (Å²) in [5.41, 5.74) is 0.904. The van der Waals surface area contributed by atoms with Crippen LogP contribution in [0.5, 0.6) is 0 Å². The summed E-state index contributed by atoms with van der Waals surface area (Å²) in [5.74, 6) is -1.70. The van der Waals surface area contributed by atoms with Gasteiger partial charge in [-0.25, -0.2) is 0 Å². The number of pyridine rings is 1. The van der Waals surface area contributed by atoms with Crippen molar-refractivity contribution in [2.45, 2.75) is 6.04 Å². The van der Waals surface area contributed by atoms with E-state index in [1.54, 1.807) is 42.5 Å². The summed E-state index contributed by atoms with van der Waals surface area (Å²) in [4.78, 5) is 29.8. The molecule has 1 fully saturated rings. The topological polar surface area (TPSA) is 70.5 Å². The van der Waals surface area contributed by atoms with Gasteiger partial charge in [-0.1, -0.05) is 29.8 Å². The van der Waals surface area contributed by atoms with Crippen molar-refractivity contribution in [2.75, 3.05) is 7.05 Å². The van der Waals surface area contributed by atoms with Crippen LogP contribution in [0.3, 0.4) is 0 Å². The summed E-state index contributed by atoms with van der Waals surface area (Å²) < 4.78 is 0. The molecule has 116 valence electrons. The Morgan fingerprint density at radius 3 is 2.65 bits per heavy atom. The van der Waals surface area contributed by atoms with Gasteiger partial charge in [-0.05, 0) is 29.8 Å². The quantitative estimate of drug-likeness (QED) is 0.523. The highest BCUT2D eigenvalue weighted by molar-refractivity contribution is 6.46. The largest absolute Gasteiger partial charge is 0.505 e. The smallest absolute Gasteiger partial charge is 0.295 e. The predicted octanol–water partition coefficient (Wildman–Crippen LogP) is 2.79. The molecule has 0 bridgehead atoms. The Kier molecular flexibility index (Phi) is 3.88. The molecule has 5 nitrogen and oxygen atoms in total. The van der Waals surface area contributed by atoms with Crippen molar-refractivity contribution in [3.8, 4) is 0 Å². The molecule has 1 N–H and O–H groups in total. The Balaban J connectivity index is 2.19. The molecule has 0 aliphatic carbocycles. The number of ketones is 1. The number of likely N-dealkylation sites (N-methyl/N-ethyl adjacent to an activating group) is 1. The van der Waals surface area contributed by atoms with E-state index >= 15 is 0 Å². The number of benzene rings is 1. The highest BCUT2D eigenvalue weighted by Crippen LogP contribution is 2.38. The van der Waals surface area contributed by atoms with Crippen LogP contribution in [0.1, 0.15) is 17.3 Å². The number of carbonyl (C=O) groups excluding carboxylic acids is 2. The van der Waals surface area contributed by atoms with E-state index in [0.717, 1.165) is 0 Å². The summed E-state index contributed by atoms with van der Waals surface area (Å²) >= 11 is 6.01. The lowest BCUT2D eigenvalue weighted by Crippen LogP contribution is -2.24. The maximum absolute atomic E-state index is 12.3. The SMILES string of the molecule is CN1C(=O)C(=O)/C(=C(\O)c2ccccn2)C1c1cccc(Cl)c1. The van der Waals surface area contributed by atoms with Crippen LogP contribution in [0.4, 0.5) is 0 Å². The Bertz CT molecular complexity index is 818. The van der Waals surface area contributed by atoms with Crippen LogP contribution in [-0.4, -0.2) is 33.7 Å². The van der Waals surface area contributed by atoms with Crippen molar-refractivity contribution in [1.29, 1.82) is 0 Å². The lowest BCUT2D eigenvalue weighted by atomic mass is 9.97. The zero-order valence-corrected chi connectivity index (χ0v) is 13.0. The van der Waals surface area contributed by atoms with Gasteiger partial charge in [0.05, 0.1) is 11.6 Å². The van der Waals surface area contributed by atoms with Gasteiger partial charge in [0, 0.05) is 18.3 Å². The number of hydrogen-bond donors (Lipinski definition) is 1. The molecular weight excluding hydrogens is 316 g/mol. The number of aromatic nitrogens is 1. The Morgan fingerprint density at radius 1 is 1.22 bits per heavy atom. The average Bonchev–Trinajstić information content (AvgIpc) is 2.79. The molecule has 1 aromatic carbocycles. The van der Waals surface area contributed by atoms with Crippen LogP contribution in [0.25, 0.3) is 5.76 Å². The number of nitrogens with zero attached hydrogens (tertiary/aromatic N) is 2. The highest BCUT2D eigenvalue weighted by Gasteiger charge is 2.44. The number of Topliss-reactive ketones (excluding diaryl/α,β-unsaturated/α-hetero) is 1. The first-order valence-electron chi connectivity index (χ1n) is 6.92. The Hall–Kier alpha value is -2.66. The fourth-order valence-corrected chi connectivity index (χ4v) is 2.85. The maximum atomic E-state index is 12.3. The fourth-order valence-electron chi connectivity index (χ4n) is 2.66. The van der Waals surface area contributed by atoms with Crippen LogP contribution in [0.15, 0.2) is 54.2 Å². The van der Waals surface area contributed by atoms with Crippen molar-refractivity contribution in [1.82, 2.24) is 9.88 Å². The molecule has 1 aliphatic rings. The highest BCUT2D eigenvalue weighted by atomic mass is 35.5. The van der Waals surface area contributed by atoms with Gasteiger partial charge < -0.3 is 10.0 Å². The van der Waals surface area contributed by atoms with E-state index in [4.69, 9.17) is 11.6 Å². The number of likely N-dealkylation sites (tertiary alicyclic amines) is 1. The monoisotopic (exact) mass is 328 g/mol. The van der Waals surface area contributed by atoms with Crippen molar-refractivity contribution >= 4 is 29.1 Å². The third kappa shape index (κ3) is 2.59. The Morgan fingerprint density at radius 2 is 2.00 bits per heavy atom. The third-order valence-electron chi connectivity index (χ3n) is 3.75. The van der Waals surface area contributed by atoms with Crippen molar-refractivity contribution in [3.05, 3.63) is 70.5 Å². The second-order valence-electron chi connectivity index (χ2n) is 5.18. The van der Waals surface area contributed by atoms with E-state index in [9.17, 15) is 14.7 Å². The molecular formula is C17H13ClN2O3. The molecule has 2 aromatic rings. The number of aliphatic hydroxyl groups is 1. The molecule has 23 heavy (non-hydrogen) atoms. The van der Waals surface area contributed by atoms with Crippen LogP contribution < -0.4 is 0 Å². The lowest BCUT2D eigenvalue weighted by Gasteiger charge is -2.21. The molecule has 0 radical (unpaired) electrons. The second kappa shape index (κ2) is 5.85. The van der Waals surface area contributed by atoms with Gasteiger partial charge in [0.2, 0.25) is 0 Å². The van der Waals surface area contributed by atoms with E-state index in [1.165, 1.54) is 18.1 Å². The van der Waals surface area contributed by atoms with Crippen molar-refractivity contribution < 1.29 is 14.7 Å². The lowest BCUT2D eigenvalue weighted by molar-refractivity contribution is -0.139. The molecule has 1 aliphatic heterocycles. The van der Waals surface area contributed by atoms with E-state index in [2.05, 4.69) is 4.98 Å². The number of amides is 1. The summed E-state index contributed by atoms with van der Waals surface area (Å²) in [5, 5.41) is 11.0. The molecule has 0 spiro atoms. The fraction of sp³-hybridized carbons (Fsp3) is 0.118. The maximum Gasteiger partial charge on any atom is 0.295 e. The van der Waals surface area contributed by atoms with Gasteiger partial charge in [0.1, 0.15) is 5.69 Å². The zero-order valence-electron chi connectivity index (χ0n) is 12.2. The summed E-state index contributed by atoms with van der Waals surface area (Å²) in [6.45, 7) is 0. The van der Waals surface area contributed by atoms with Gasteiger partial charge in [0.25, 0.3) is 11.7 Å². The molecule has 3 rings (SSSR count). The number of hydrogen-bond acceptors (Lipinski definition) is 4. The molecule has 1 amide bonds. The van der Waals surface area contributed by atoms with E-state index in [0.29, 0.717) is 10.6 Å². The first-order valence-corrected chi connectivity index (χ1v) is 7.30. The molecule has 0 saturated carbocycles. The second-order valence-corrected chi connectivity index (χ2v) is 5.62. The zero-order chi connectivity index (χ0) is 16.6. The van der Waals surface area contributed by atoms with Gasteiger partial charge in [-0.2, -0.15) is 0 Å². The Labute approximate surface area is 137 Å². The van der Waals surface area contributed by atoms with Gasteiger partial charge in [-0.3, -0.25) is 14.6 Å². The minimum absolute atomic E-state index is 0.0125. The van der Waals surface area contributed by atoms with Crippen molar-refractivity contribution in [2.24, 2.45) is 0 Å².